The van der Waals surface area contributed by atoms with Gasteiger partial charge in [-0.25, -0.2) is 0 Å². The molecule has 3 nitrogen and oxygen atoms in total. The zero-order valence-corrected chi connectivity index (χ0v) is 11.0. The second kappa shape index (κ2) is 4.47. The third kappa shape index (κ3) is 1.97. The number of phenolic OH excluding ortho intramolecular Hbond substituents is 1. The molecule has 1 aromatic rings. The first kappa shape index (κ1) is 11.8. The second-order valence-electron chi connectivity index (χ2n) is 5.89. The van der Waals surface area contributed by atoms with Crippen LogP contribution in [-0.4, -0.2) is 18.2 Å². The molecule has 1 aromatic carbocycles. The van der Waals surface area contributed by atoms with Gasteiger partial charge in [-0.05, 0) is 37.7 Å². The Morgan fingerprint density at radius 2 is 1.94 bits per heavy atom. The summed E-state index contributed by atoms with van der Waals surface area (Å²) in [5.41, 5.74) is 7.80. The topological polar surface area (TPSA) is 49.5 Å². The van der Waals surface area contributed by atoms with Crippen LogP contribution in [0.3, 0.4) is 0 Å². The molecule has 18 heavy (non-hydrogen) atoms. The van der Waals surface area contributed by atoms with Crippen molar-refractivity contribution in [1.82, 2.24) is 0 Å². The summed E-state index contributed by atoms with van der Waals surface area (Å²) in [7, 11) is 0. The molecule has 1 saturated carbocycles. The molecule has 1 heterocycles. The Kier molecular flexibility index (Phi) is 2.94. The van der Waals surface area contributed by atoms with Crippen LogP contribution >= 0.6 is 0 Å². The average molecular weight is 246 g/mol. The highest BCUT2D eigenvalue weighted by atomic mass is 16.3. The largest absolute Gasteiger partial charge is 0.508 e. The molecule has 3 N–H and O–H groups in total. The number of phenols is 1. The Labute approximate surface area is 109 Å². The number of hydrogen-bond acceptors (Lipinski definition) is 3. The van der Waals surface area contributed by atoms with Gasteiger partial charge in [0, 0.05) is 36.4 Å². The first-order valence-electron chi connectivity index (χ1n) is 6.98. The van der Waals surface area contributed by atoms with Crippen LogP contribution in [-0.2, 0) is 0 Å². The number of hydrogen-bond donors (Lipinski definition) is 2. The van der Waals surface area contributed by atoms with E-state index in [1.807, 2.05) is 19.1 Å². The van der Waals surface area contributed by atoms with Gasteiger partial charge >= 0.3 is 0 Å². The maximum Gasteiger partial charge on any atom is 0.122 e. The Hall–Kier alpha value is -1.22. The fraction of sp³-hybridized carbons (Fsp3) is 0.600. The predicted octanol–water partition coefficient (Wildman–Crippen LogP) is 2.65. The lowest BCUT2D eigenvalue weighted by molar-refractivity contribution is 0.463. The van der Waals surface area contributed by atoms with E-state index in [0.29, 0.717) is 5.75 Å². The quantitative estimate of drug-likeness (QED) is 0.843. The molecule has 0 radical (unpaired) electrons. The van der Waals surface area contributed by atoms with Gasteiger partial charge in [-0.15, -0.1) is 0 Å². The Bertz CT molecular complexity index is 432. The second-order valence-corrected chi connectivity index (χ2v) is 5.89. The number of fused-ring (bicyclic) bond motifs is 1. The smallest absolute Gasteiger partial charge is 0.122 e. The van der Waals surface area contributed by atoms with Gasteiger partial charge in [0.25, 0.3) is 0 Å². The number of benzene rings is 1. The molecule has 3 unspecified atom stereocenters. The van der Waals surface area contributed by atoms with Gasteiger partial charge in [0.1, 0.15) is 5.75 Å². The summed E-state index contributed by atoms with van der Waals surface area (Å²) < 4.78 is 0. The van der Waals surface area contributed by atoms with Crippen LogP contribution in [0.1, 0.15) is 37.8 Å². The molecule has 1 aliphatic carbocycles. The fourth-order valence-electron chi connectivity index (χ4n) is 3.56. The number of aromatic hydroxyl groups is 1. The molecule has 98 valence electrons. The summed E-state index contributed by atoms with van der Waals surface area (Å²) in [5, 5.41) is 10.0. The van der Waals surface area contributed by atoms with Gasteiger partial charge in [0.2, 0.25) is 0 Å². The summed E-state index contributed by atoms with van der Waals surface area (Å²) in [6.45, 7) is 4.21. The molecule has 1 aliphatic heterocycles. The fourth-order valence-corrected chi connectivity index (χ4v) is 3.56. The Balaban J connectivity index is 1.79. The van der Waals surface area contributed by atoms with E-state index in [-0.39, 0.29) is 6.04 Å². The van der Waals surface area contributed by atoms with E-state index in [0.717, 1.165) is 36.2 Å². The minimum atomic E-state index is -0.114. The molecule has 3 heteroatoms. The third-order valence-electron chi connectivity index (χ3n) is 4.60. The molecule has 0 spiro atoms. The third-order valence-corrected chi connectivity index (χ3v) is 4.60. The van der Waals surface area contributed by atoms with Crippen molar-refractivity contribution < 1.29 is 5.11 Å². The molecule has 0 aromatic heterocycles. The summed E-state index contributed by atoms with van der Waals surface area (Å²) in [5.74, 6) is 2.08. The van der Waals surface area contributed by atoms with E-state index < -0.39 is 0 Å². The first-order chi connectivity index (χ1) is 8.65. The van der Waals surface area contributed by atoms with E-state index in [4.69, 9.17) is 5.73 Å². The van der Waals surface area contributed by atoms with E-state index in [2.05, 4.69) is 11.0 Å². The average Bonchev–Trinajstić information content (AvgIpc) is 2.87. The van der Waals surface area contributed by atoms with Gasteiger partial charge in [0.15, 0.2) is 0 Å². The molecule has 2 aliphatic rings. The van der Waals surface area contributed by atoms with Gasteiger partial charge in [-0.2, -0.15) is 0 Å². The first-order valence-corrected chi connectivity index (χ1v) is 6.98. The minimum absolute atomic E-state index is 0.114. The lowest BCUT2D eigenvalue weighted by atomic mass is 10.0. The van der Waals surface area contributed by atoms with Crippen molar-refractivity contribution in [3.05, 3.63) is 23.8 Å². The highest BCUT2D eigenvalue weighted by Crippen LogP contribution is 2.40. The molecular formula is C15H22N2O. The number of nitrogens with two attached hydrogens (primary N) is 1. The molecule has 0 bridgehead atoms. The maximum atomic E-state index is 10.0. The highest BCUT2D eigenvalue weighted by Gasteiger charge is 2.36. The SMILES string of the molecule is CC(N)c1ccc(N2CC3CCCC3C2)cc1O. The molecule has 2 fully saturated rings. The number of anilines is 1. The van der Waals surface area contributed by atoms with Crippen molar-refractivity contribution >= 4 is 5.69 Å². The molecular weight excluding hydrogens is 224 g/mol. The van der Waals surface area contributed by atoms with Gasteiger partial charge in [-0.1, -0.05) is 12.5 Å². The van der Waals surface area contributed by atoms with E-state index in [9.17, 15) is 5.11 Å². The zero-order valence-electron chi connectivity index (χ0n) is 11.0. The van der Waals surface area contributed by atoms with E-state index in [1.165, 1.54) is 19.3 Å². The van der Waals surface area contributed by atoms with Crippen molar-refractivity contribution in [2.75, 3.05) is 18.0 Å². The van der Waals surface area contributed by atoms with E-state index in [1.54, 1.807) is 0 Å². The van der Waals surface area contributed by atoms with Crippen molar-refractivity contribution in [3.63, 3.8) is 0 Å². The lowest BCUT2D eigenvalue weighted by Gasteiger charge is -2.21. The van der Waals surface area contributed by atoms with Gasteiger partial charge in [-0.3, -0.25) is 0 Å². The lowest BCUT2D eigenvalue weighted by Crippen LogP contribution is -2.20. The van der Waals surface area contributed by atoms with Crippen LogP contribution in [0.15, 0.2) is 18.2 Å². The Morgan fingerprint density at radius 3 is 2.50 bits per heavy atom. The summed E-state index contributed by atoms with van der Waals surface area (Å²) >= 11 is 0. The minimum Gasteiger partial charge on any atom is -0.508 e. The van der Waals surface area contributed by atoms with Crippen molar-refractivity contribution in [2.24, 2.45) is 17.6 Å². The van der Waals surface area contributed by atoms with Gasteiger partial charge < -0.3 is 15.7 Å². The van der Waals surface area contributed by atoms with Crippen LogP contribution in [0, 0.1) is 11.8 Å². The molecule has 3 rings (SSSR count). The molecule has 3 atom stereocenters. The zero-order chi connectivity index (χ0) is 12.7. The highest BCUT2D eigenvalue weighted by molar-refractivity contribution is 5.54. The van der Waals surface area contributed by atoms with Crippen molar-refractivity contribution in [3.8, 4) is 5.75 Å². The predicted molar refractivity (Wildman–Crippen MR) is 73.8 cm³/mol. The number of rotatable bonds is 2. The molecule has 1 saturated heterocycles. The Morgan fingerprint density at radius 1 is 1.28 bits per heavy atom. The van der Waals surface area contributed by atoms with Crippen LogP contribution in [0.25, 0.3) is 0 Å². The summed E-state index contributed by atoms with van der Waals surface area (Å²) in [6, 6.07) is 5.82. The van der Waals surface area contributed by atoms with Crippen LogP contribution < -0.4 is 10.6 Å². The monoisotopic (exact) mass is 246 g/mol. The van der Waals surface area contributed by atoms with Crippen molar-refractivity contribution in [1.29, 1.82) is 0 Å². The maximum absolute atomic E-state index is 10.0. The van der Waals surface area contributed by atoms with Crippen LogP contribution in [0.5, 0.6) is 5.75 Å². The van der Waals surface area contributed by atoms with Crippen LogP contribution in [0.2, 0.25) is 0 Å². The number of nitrogens with zero attached hydrogens (tertiary/aromatic N) is 1. The summed E-state index contributed by atoms with van der Waals surface area (Å²) in [6.07, 6.45) is 4.16. The van der Waals surface area contributed by atoms with E-state index >= 15 is 0 Å². The van der Waals surface area contributed by atoms with Crippen molar-refractivity contribution in [2.45, 2.75) is 32.2 Å². The summed E-state index contributed by atoms with van der Waals surface area (Å²) in [4.78, 5) is 2.42. The van der Waals surface area contributed by atoms with Gasteiger partial charge in [0.05, 0.1) is 0 Å². The van der Waals surface area contributed by atoms with Crippen LogP contribution in [0.4, 0.5) is 5.69 Å². The standard InChI is InChI=1S/C15H22N2O/c1-10(16)14-6-5-13(7-15(14)18)17-8-11-3-2-4-12(11)9-17/h5-7,10-12,18H,2-4,8-9,16H2,1H3. The normalized spacial score (nSPS) is 28.4. The molecule has 0 amide bonds.